The first-order chi connectivity index (χ1) is 8.66. The Hall–Kier alpha value is -2.63. The first kappa shape index (κ1) is 11.8. The SMILES string of the molecule is Nc1ccc(OCc2ccccc2)c([N+](=O)[O-])n1. The fourth-order valence-corrected chi connectivity index (χ4v) is 1.43. The fraction of sp³-hybridized carbons (Fsp3) is 0.0833. The summed E-state index contributed by atoms with van der Waals surface area (Å²) in [5.74, 6) is -0.169. The van der Waals surface area contributed by atoms with Crippen LogP contribution in [-0.2, 0) is 6.61 Å². The summed E-state index contributed by atoms with van der Waals surface area (Å²) in [5, 5.41) is 10.8. The second-order valence-electron chi connectivity index (χ2n) is 3.59. The second-order valence-corrected chi connectivity index (χ2v) is 3.59. The molecule has 0 bridgehead atoms. The van der Waals surface area contributed by atoms with Crippen molar-refractivity contribution in [2.45, 2.75) is 6.61 Å². The summed E-state index contributed by atoms with van der Waals surface area (Å²) in [6, 6.07) is 12.3. The predicted octanol–water partition coefficient (Wildman–Crippen LogP) is 2.15. The molecule has 6 heteroatoms. The van der Waals surface area contributed by atoms with Crippen molar-refractivity contribution >= 4 is 11.6 Å². The number of nitro groups is 1. The molecule has 2 N–H and O–H groups in total. The third-order valence-corrected chi connectivity index (χ3v) is 2.27. The molecule has 0 aliphatic rings. The largest absolute Gasteiger partial charge is 0.481 e. The van der Waals surface area contributed by atoms with Crippen LogP contribution in [0.2, 0.25) is 0 Å². The highest BCUT2D eigenvalue weighted by Crippen LogP contribution is 2.26. The molecule has 1 heterocycles. The monoisotopic (exact) mass is 245 g/mol. The third-order valence-electron chi connectivity index (χ3n) is 2.27. The van der Waals surface area contributed by atoms with Crippen LogP contribution in [0.15, 0.2) is 42.5 Å². The number of pyridine rings is 1. The van der Waals surface area contributed by atoms with Crippen molar-refractivity contribution in [1.82, 2.24) is 4.98 Å². The Kier molecular flexibility index (Phi) is 3.38. The van der Waals surface area contributed by atoms with Gasteiger partial charge in [0, 0.05) is 6.07 Å². The quantitative estimate of drug-likeness (QED) is 0.658. The lowest BCUT2D eigenvalue weighted by molar-refractivity contribution is -0.390. The van der Waals surface area contributed by atoms with Gasteiger partial charge in [-0.15, -0.1) is 0 Å². The molecule has 2 rings (SSSR count). The highest BCUT2D eigenvalue weighted by atomic mass is 16.6. The van der Waals surface area contributed by atoms with Gasteiger partial charge in [0.05, 0.1) is 0 Å². The Morgan fingerprint density at radius 2 is 1.94 bits per heavy atom. The molecular formula is C12H11N3O3. The molecule has 0 aliphatic heterocycles. The van der Waals surface area contributed by atoms with Gasteiger partial charge in [-0.1, -0.05) is 30.3 Å². The molecule has 6 nitrogen and oxygen atoms in total. The minimum absolute atomic E-state index is 0.0914. The van der Waals surface area contributed by atoms with Crippen LogP contribution in [0.1, 0.15) is 5.56 Å². The maximum absolute atomic E-state index is 10.8. The zero-order valence-electron chi connectivity index (χ0n) is 9.45. The number of nitrogen functional groups attached to an aromatic ring is 1. The van der Waals surface area contributed by atoms with Crippen LogP contribution in [0.3, 0.4) is 0 Å². The van der Waals surface area contributed by atoms with Crippen LogP contribution in [0.25, 0.3) is 0 Å². The molecule has 0 fully saturated rings. The molecule has 0 saturated carbocycles. The predicted molar refractivity (Wildman–Crippen MR) is 66.1 cm³/mol. The zero-order chi connectivity index (χ0) is 13.0. The zero-order valence-corrected chi connectivity index (χ0v) is 9.45. The van der Waals surface area contributed by atoms with Crippen molar-refractivity contribution in [3.8, 4) is 5.75 Å². The number of benzene rings is 1. The smallest absolute Gasteiger partial charge is 0.408 e. The summed E-state index contributed by atoms with van der Waals surface area (Å²) < 4.78 is 5.38. The van der Waals surface area contributed by atoms with Crippen molar-refractivity contribution in [3.63, 3.8) is 0 Å². The lowest BCUT2D eigenvalue weighted by atomic mass is 10.2. The van der Waals surface area contributed by atoms with E-state index in [1.54, 1.807) is 0 Å². The highest BCUT2D eigenvalue weighted by molar-refractivity contribution is 5.46. The lowest BCUT2D eigenvalue weighted by Crippen LogP contribution is -2.02. The summed E-state index contributed by atoms with van der Waals surface area (Å²) in [6.07, 6.45) is 0. The minimum atomic E-state index is -0.614. The Balaban J connectivity index is 2.17. The van der Waals surface area contributed by atoms with Crippen LogP contribution in [0.5, 0.6) is 5.75 Å². The van der Waals surface area contributed by atoms with Gasteiger partial charge >= 0.3 is 5.82 Å². The van der Waals surface area contributed by atoms with Gasteiger partial charge in [-0.2, -0.15) is 0 Å². The summed E-state index contributed by atoms with van der Waals surface area (Å²) in [5.41, 5.74) is 6.32. The maximum atomic E-state index is 10.8. The summed E-state index contributed by atoms with van der Waals surface area (Å²) in [6.45, 7) is 0.243. The molecule has 92 valence electrons. The molecule has 1 aromatic heterocycles. The maximum Gasteiger partial charge on any atom is 0.408 e. The van der Waals surface area contributed by atoms with Gasteiger partial charge in [0.15, 0.2) is 0 Å². The number of hydrogen-bond donors (Lipinski definition) is 1. The number of nitrogens with two attached hydrogens (primary N) is 1. The first-order valence-corrected chi connectivity index (χ1v) is 5.24. The molecule has 0 amide bonds. The van der Waals surface area contributed by atoms with Gasteiger partial charge in [-0.05, 0) is 21.5 Å². The molecule has 0 atom stereocenters. The van der Waals surface area contributed by atoms with Crippen molar-refractivity contribution < 1.29 is 9.66 Å². The third kappa shape index (κ3) is 2.73. The molecule has 18 heavy (non-hydrogen) atoms. The van der Waals surface area contributed by atoms with E-state index in [1.807, 2.05) is 30.3 Å². The molecule has 0 unspecified atom stereocenters. The van der Waals surface area contributed by atoms with Crippen molar-refractivity contribution in [3.05, 3.63) is 58.1 Å². The van der Waals surface area contributed by atoms with E-state index >= 15 is 0 Å². The van der Waals surface area contributed by atoms with E-state index in [1.165, 1.54) is 12.1 Å². The van der Waals surface area contributed by atoms with E-state index in [4.69, 9.17) is 10.5 Å². The van der Waals surface area contributed by atoms with Gasteiger partial charge in [0.25, 0.3) is 0 Å². The number of nitrogens with zero attached hydrogens (tertiary/aromatic N) is 2. The topological polar surface area (TPSA) is 91.3 Å². The van der Waals surface area contributed by atoms with E-state index in [9.17, 15) is 10.1 Å². The van der Waals surface area contributed by atoms with E-state index in [0.717, 1.165) is 5.56 Å². The van der Waals surface area contributed by atoms with Gasteiger partial charge in [-0.25, -0.2) is 0 Å². The molecule has 1 aromatic carbocycles. The first-order valence-electron chi connectivity index (χ1n) is 5.24. The van der Waals surface area contributed by atoms with E-state index < -0.39 is 4.92 Å². The second kappa shape index (κ2) is 5.13. The van der Waals surface area contributed by atoms with Crippen molar-refractivity contribution in [1.29, 1.82) is 0 Å². The van der Waals surface area contributed by atoms with Gasteiger partial charge in [0.1, 0.15) is 6.61 Å². The number of anilines is 1. The Morgan fingerprint density at radius 3 is 2.61 bits per heavy atom. The fourth-order valence-electron chi connectivity index (χ4n) is 1.43. The normalized spacial score (nSPS) is 10.0. The van der Waals surface area contributed by atoms with E-state index in [2.05, 4.69) is 4.98 Å². The minimum Gasteiger partial charge on any atom is -0.481 e. The highest BCUT2D eigenvalue weighted by Gasteiger charge is 2.17. The van der Waals surface area contributed by atoms with Crippen LogP contribution in [0, 0.1) is 10.1 Å². The van der Waals surface area contributed by atoms with Gasteiger partial charge < -0.3 is 20.6 Å². The van der Waals surface area contributed by atoms with Crippen LogP contribution in [0.4, 0.5) is 11.6 Å². The summed E-state index contributed by atoms with van der Waals surface area (Å²) in [7, 11) is 0. The van der Waals surface area contributed by atoms with E-state index in [0.29, 0.717) is 0 Å². The van der Waals surface area contributed by atoms with E-state index in [-0.39, 0.29) is 24.0 Å². The molecule has 0 radical (unpaired) electrons. The molecule has 0 spiro atoms. The summed E-state index contributed by atoms with van der Waals surface area (Å²) in [4.78, 5) is 13.8. The number of hydrogen-bond acceptors (Lipinski definition) is 5. The van der Waals surface area contributed by atoms with Crippen molar-refractivity contribution in [2.24, 2.45) is 0 Å². The number of rotatable bonds is 4. The Bertz CT molecular complexity index is 558. The molecule has 2 aromatic rings. The molecular weight excluding hydrogens is 234 g/mol. The average molecular weight is 245 g/mol. The lowest BCUT2D eigenvalue weighted by Gasteiger charge is -2.06. The summed E-state index contributed by atoms with van der Waals surface area (Å²) >= 11 is 0. The van der Waals surface area contributed by atoms with Gasteiger partial charge in [-0.3, -0.25) is 0 Å². The average Bonchev–Trinajstić information content (AvgIpc) is 2.38. The Labute approximate surface area is 103 Å². The Morgan fingerprint density at radius 1 is 1.22 bits per heavy atom. The van der Waals surface area contributed by atoms with Crippen LogP contribution < -0.4 is 10.5 Å². The van der Waals surface area contributed by atoms with Crippen LogP contribution >= 0.6 is 0 Å². The molecule has 0 aliphatic carbocycles. The number of aromatic nitrogens is 1. The molecule has 0 saturated heterocycles. The number of ether oxygens (including phenoxy) is 1. The van der Waals surface area contributed by atoms with Crippen molar-refractivity contribution in [2.75, 3.05) is 5.73 Å². The standard InChI is InChI=1S/C12H11N3O3/c13-11-7-6-10(12(14-11)15(16)17)18-8-9-4-2-1-3-5-9/h1-7H,8H2,(H2,13,14). The van der Waals surface area contributed by atoms with Crippen LogP contribution in [-0.4, -0.2) is 9.91 Å². The van der Waals surface area contributed by atoms with Gasteiger partial charge in [0.2, 0.25) is 11.6 Å².